The molecule has 13 heteroatoms. The van der Waals surface area contributed by atoms with Gasteiger partial charge in [-0.1, -0.05) is 36.4 Å². The van der Waals surface area contributed by atoms with E-state index in [0.717, 1.165) is 41.7 Å². The maximum Gasteiger partial charge on any atom is 0.407 e. The average molecular weight is 697 g/mol. The number of aryl methyl sites for hydroxylation is 2. The summed E-state index contributed by atoms with van der Waals surface area (Å²) in [7, 11) is 1.59. The monoisotopic (exact) mass is 696 g/mol. The van der Waals surface area contributed by atoms with E-state index in [1.807, 2.05) is 55.5 Å². The number of piperidine rings is 1. The topological polar surface area (TPSA) is 154 Å². The number of nitrogens with zero attached hydrogens (tertiary/aromatic N) is 1. The largest absolute Gasteiger partial charge is 0.494 e. The van der Waals surface area contributed by atoms with Crippen LogP contribution in [0.1, 0.15) is 48.8 Å². The molecule has 4 bridgehead atoms. The van der Waals surface area contributed by atoms with Gasteiger partial charge in [-0.15, -0.1) is 0 Å². The second-order valence-electron chi connectivity index (χ2n) is 12.6. The summed E-state index contributed by atoms with van der Waals surface area (Å²) in [4.78, 5) is 55.7. The van der Waals surface area contributed by atoms with Crippen molar-refractivity contribution in [2.75, 3.05) is 66.4 Å². The van der Waals surface area contributed by atoms with Gasteiger partial charge in [-0.2, -0.15) is 0 Å². The first-order valence-electron chi connectivity index (χ1n) is 17.5. The number of carbonyl (C=O) groups excluding carboxylic acids is 4. The van der Waals surface area contributed by atoms with Gasteiger partial charge in [-0.05, 0) is 73.8 Å². The van der Waals surface area contributed by atoms with E-state index in [0.29, 0.717) is 59.0 Å². The molecular formula is C37H52N4O9. The number of methoxy groups -OCH3 is 1. The molecule has 4 rings (SSSR count). The summed E-state index contributed by atoms with van der Waals surface area (Å²) in [5.74, 6) is -0.320. The SMILES string of the molecule is COCCOCCOCCOC(=O)N[C@H]1CC(=O)N2CCCC(CCOc3ccc(C)c(c3)CNC(=O)[C@H](CCc3ccccc3)NC1=O)C2. The Balaban J connectivity index is 1.47. The van der Waals surface area contributed by atoms with E-state index in [9.17, 15) is 19.2 Å². The van der Waals surface area contributed by atoms with Crippen molar-refractivity contribution in [2.24, 2.45) is 5.92 Å². The Morgan fingerprint density at radius 3 is 2.50 bits per heavy atom. The number of ether oxygens (including phenoxy) is 5. The zero-order valence-electron chi connectivity index (χ0n) is 29.3. The first-order chi connectivity index (χ1) is 24.3. The Bertz CT molecular complexity index is 1380. The molecular weight excluding hydrogens is 644 g/mol. The molecule has 0 aromatic heterocycles. The zero-order chi connectivity index (χ0) is 35.6. The lowest BCUT2D eigenvalue weighted by Crippen LogP contribution is -2.55. The Hall–Kier alpha value is -4.20. The fourth-order valence-electron chi connectivity index (χ4n) is 5.96. The van der Waals surface area contributed by atoms with Gasteiger partial charge in [-0.3, -0.25) is 14.4 Å². The van der Waals surface area contributed by atoms with Gasteiger partial charge in [0.25, 0.3) is 0 Å². The van der Waals surface area contributed by atoms with Crippen LogP contribution in [-0.2, 0) is 46.3 Å². The smallest absolute Gasteiger partial charge is 0.407 e. The summed E-state index contributed by atoms with van der Waals surface area (Å²) >= 11 is 0. The first kappa shape index (κ1) is 38.6. The number of benzene rings is 2. The molecule has 0 spiro atoms. The molecule has 2 aliphatic rings. The summed E-state index contributed by atoms with van der Waals surface area (Å²) < 4.78 is 27.1. The third-order valence-corrected chi connectivity index (χ3v) is 8.89. The molecule has 3 N–H and O–H groups in total. The van der Waals surface area contributed by atoms with Crippen molar-refractivity contribution in [2.45, 2.75) is 64.1 Å². The van der Waals surface area contributed by atoms with Crippen LogP contribution >= 0.6 is 0 Å². The molecule has 2 aromatic carbocycles. The molecule has 0 aliphatic carbocycles. The zero-order valence-corrected chi connectivity index (χ0v) is 29.3. The molecule has 274 valence electrons. The van der Waals surface area contributed by atoms with Crippen molar-refractivity contribution in [3.63, 3.8) is 0 Å². The van der Waals surface area contributed by atoms with Crippen molar-refractivity contribution in [1.29, 1.82) is 0 Å². The van der Waals surface area contributed by atoms with Crippen molar-refractivity contribution in [1.82, 2.24) is 20.9 Å². The lowest BCUT2D eigenvalue weighted by atomic mass is 9.94. The second-order valence-corrected chi connectivity index (χ2v) is 12.6. The Kier molecular flexibility index (Phi) is 16.3. The predicted octanol–water partition coefficient (Wildman–Crippen LogP) is 2.91. The standard InChI is InChI=1S/C37H52N4O9/c1-27-10-12-31-23-30(27)25-38-35(43)32(13-11-28-7-4-3-5-8-28)39-36(44)33(24-34(42)41-15-6-9-29(26-41)14-16-49-31)40-37(45)50-22-21-48-20-19-47-18-17-46-2/h3-5,7-8,10,12,23,29,32-33H,6,9,11,13-22,24-26H2,1-2H3,(H,38,43)(H,39,44)(H,40,45)/t29?,32-,33-/m0/s1. The van der Waals surface area contributed by atoms with E-state index in [4.69, 9.17) is 23.7 Å². The van der Waals surface area contributed by atoms with Gasteiger partial charge in [0.2, 0.25) is 17.7 Å². The summed E-state index contributed by atoms with van der Waals surface area (Å²) in [6, 6.07) is 13.3. The molecule has 1 fully saturated rings. The van der Waals surface area contributed by atoms with Gasteiger partial charge in [0.1, 0.15) is 24.4 Å². The van der Waals surface area contributed by atoms with Crippen LogP contribution in [-0.4, -0.2) is 107 Å². The maximum atomic E-state index is 13.9. The van der Waals surface area contributed by atoms with Crippen LogP contribution in [0.15, 0.2) is 48.5 Å². The van der Waals surface area contributed by atoms with Gasteiger partial charge in [-0.25, -0.2) is 4.79 Å². The predicted molar refractivity (Wildman–Crippen MR) is 186 cm³/mol. The highest BCUT2D eigenvalue weighted by molar-refractivity contribution is 5.94. The number of amides is 4. The highest BCUT2D eigenvalue weighted by Gasteiger charge is 2.32. The third kappa shape index (κ3) is 13.3. The fourth-order valence-corrected chi connectivity index (χ4v) is 5.96. The summed E-state index contributed by atoms with van der Waals surface area (Å²) in [6.07, 6.45) is 2.24. The van der Waals surface area contributed by atoms with Gasteiger partial charge in [0.15, 0.2) is 0 Å². The summed E-state index contributed by atoms with van der Waals surface area (Å²) in [5.41, 5.74) is 2.91. The number of nitrogens with one attached hydrogen (secondary N) is 3. The van der Waals surface area contributed by atoms with Crippen LogP contribution < -0.4 is 20.7 Å². The van der Waals surface area contributed by atoms with Crippen LogP contribution in [0.25, 0.3) is 0 Å². The molecule has 3 atom stereocenters. The normalized spacial score (nSPS) is 20.5. The number of hydrogen-bond donors (Lipinski definition) is 3. The van der Waals surface area contributed by atoms with Crippen molar-refractivity contribution < 1.29 is 42.9 Å². The van der Waals surface area contributed by atoms with Crippen LogP contribution in [0.2, 0.25) is 0 Å². The lowest BCUT2D eigenvalue weighted by molar-refractivity contribution is -0.137. The molecule has 0 radical (unpaired) electrons. The minimum absolute atomic E-state index is 0.0647. The van der Waals surface area contributed by atoms with Gasteiger partial charge in [0, 0.05) is 26.7 Å². The number of rotatable bonds is 13. The van der Waals surface area contributed by atoms with Crippen molar-refractivity contribution in [3.8, 4) is 5.75 Å². The summed E-state index contributed by atoms with van der Waals surface area (Å²) in [6.45, 7) is 5.49. The van der Waals surface area contributed by atoms with E-state index < -0.39 is 24.1 Å². The van der Waals surface area contributed by atoms with E-state index in [1.165, 1.54) is 0 Å². The third-order valence-electron chi connectivity index (χ3n) is 8.89. The number of carbonyl (C=O) groups is 4. The molecule has 2 heterocycles. The lowest BCUT2D eigenvalue weighted by Gasteiger charge is -2.34. The quantitative estimate of drug-likeness (QED) is 0.269. The maximum absolute atomic E-state index is 13.9. The number of alkyl carbamates (subject to hydrolysis) is 1. The van der Waals surface area contributed by atoms with Crippen LogP contribution in [0.4, 0.5) is 4.79 Å². The molecule has 2 aromatic rings. The van der Waals surface area contributed by atoms with Crippen molar-refractivity contribution >= 4 is 23.8 Å². The molecule has 0 saturated carbocycles. The molecule has 2 aliphatic heterocycles. The Morgan fingerprint density at radius 1 is 0.960 bits per heavy atom. The van der Waals surface area contributed by atoms with E-state index >= 15 is 0 Å². The van der Waals surface area contributed by atoms with E-state index in [1.54, 1.807) is 12.0 Å². The fraction of sp³-hybridized carbons (Fsp3) is 0.568. The Labute approximate surface area is 294 Å². The molecule has 13 nitrogen and oxygen atoms in total. The van der Waals surface area contributed by atoms with E-state index in [-0.39, 0.29) is 43.9 Å². The highest BCUT2D eigenvalue weighted by atomic mass is 16.6. The van der Waals surface area contributed by atoms with Crippen molar-refractivity contribution in [3.05, 3.63) is 65.2 Å². The first-order valence-corrected chi connectivity index (χ1v) is 17.5. The number of fused-ring (bicyclic) bond motifs is 4. The van der Waals surface area contributed by atoms with Gasteiger partial charge in [0.05, 0.1) is 46.1 Å². The molecule has 50 heavy (non-hydrogen) atoms. The minimum Gasteiger partial charge on any atom is -0.494 e. The molecule has 1 saturated heterocycles. The van der Waals surface area contributed by atoms with E-state index in [2.05, 4.69) is 16.0 Å². The average Bonchev–Trinajstić information content (AvgIpc) is 3.12. The van der Waals surface area contributed by atoms with Crippen LogP contribution in [0.3, 0.4) is 0 Å². The molecule has 4 amide bonds. The van der Waals surface area contributed by atoms with Crippen LogP contribution in [0, 0.1) is 12.8 Å². The summed E-state index contributed by atoms with van der Waals surface area (Å²) in [5, 5.41) is 8.38. The molecule has 1 unspecified atom stereocenters. The van der Waals surface area contributed by atoms with Gasteiger partial charge < -0.3 is 44.5 Å². The van der Waals surface area contributed by atoms with Crippen LogP contribution in [0.5, 0.6) is 5.75 Å². The Morgan fingerprint density at radius 2 is 1.72 bits per heavy atom. The highest BCUT2D eigenvalue weighted by Crippen LogP contribution is 2.23. The number of hydrogen-bond acceptors (Lipinski definition) is 9. The minimum atomic E-state index is -1.27. The second kappa shape index (κ2) is 21.1. The van der Waals surface area contributed by atoms with Gasteiger partial charge >= 0.3 is 6.09 Å².